The average Bonchev–Trinajstić information content (AvgIpc) is 3.78. The lowest BCUT2D eigenvalue weighted by Gasteiger charge is -2.24. The molecule has 226 valence electrons. The van der Waals surface area contributed by atoms with Gasteiger partial charge in [0.05, 0.1) is 12.1 Å². The van der Waals surface area contributed by atoms with Gasteiger partial charge in [0.15, 0.2) is 5.82 Å². The minimum atomic E-state index is -0.577. The smallest absolute Gasteiger partial charge is 0.247 e. The van der Waals surface area contributed by atoms with Crippen molar-refractivity contribution in [2.45, 2.75) is 51.1 Å². The topological polar surface area (TPSA) is 115 Å². The van der Waals surface area contributed by atoms with Crippen LogP contribution in [0.4, 0.5) is 15.8 Å². The Morgan fingerprint density at radius 3 is 2.11 bits per heavy atom. The van der Waals surface area contributed by atoms with Crippen LogP contribution in [0.2, 0.25) is 0 Å². The van der Waals surface area contributed by atoms with E-state index in [9.17, 15) is 19.2 Å². The predicted molar refractivity (Wildman–Crippen MR) is 166 cm³/mol. The molecule has 4 amide bonds. The first-order valence-electron chi connectivity index (χ1n) is 14.9. The van der Waals surface area contributed by atoms with Crippen molar-refractivity contribution in [3.05, 3.63) is 84.2 Å². The van der Waals surface area contributed by atoms with Gasteiger partial charge in [-0.05, 0) is 61.6 Å². The number of aromatic nitrogens is 1. The fraction of sp³-hybridized carbons (Fsp3) is 0.294. The van der Waals surface area contributed by atoms with E-state index in [1.165, 1.54) is 6.92 Å². The molecule has 3 N–H and O–H groups in total. The zero-order valence-corrected chi connectivity index (χ0v) is 24.4. The van der Waals surface area contributed by atoms with Crippen molar-refractivity contribution in [2.24, 2.45) is 0 Å². The monoisotopic (exact) mass is 595 g/mol. The molecule has 0 radical (unpaired) electrons. The number of hydrogen-bond acceptors (Lipinski definition) is 4. The second kappa shape index (κ2) is 12.3. The Balaban J connectivity index is 1.13. The molecule has 0 spiro atoms. The van der Waals surface area contributed by atoms with Crippen LogP contribution in [0.15, 0.2) is 72.8 Å². The Bertz CT molecular complexity index is 1720. The molecule has 10 heteroatoms. The molecule has 0 unspecified atom stereocenters. The van der Waals surface area contributed by atoms with E-state index in [-0.39, 0.29) is 35.7 Å². The van der Waals surface area contributed by atoms with Gasteiger partial charge in [0.1, 0.15) is 12.1 Å². The van der Waals surface area contributed by atoms with Crippen molar-refractivity contribution in [3.63, 3.8) is 0 Å². The molecule has 2 fully saturated rings. The molecule has 0 saturated carbocycles. The molecule has 9 nitrogen and oxygen atoms in total. The number of carbonyl (C=O) groups excluding carboxylic acids is 4. The quantitative estimate of drug-likeness (QED) is 0.276. The molecule has 0 aliphatic carbocycles. The molecular formula is C34H34FN5O4. The number of anilines is 2. The summed E-state index contributed by atoms with van der Waals surface area (Å²) in [6, 6.07) is 20.2. The van der Waals surface area contributed by atoms with Crippen molar-refractivity contribution in [3.8, 4) is 11.3 Å². The number of nitrogens with one attached hydrogen (secondary N) is 3. The fourth-order valence-electron chi connectivity index (χ4n) is 6.23. The largest absolute Gasteiger partial charge is 0.352 e. The van der Waals surface area contributed by atoms with Gasteiger partial charge >= 0.3 is 0 Å². The molecule has 1 aromatic heterocycles. The summed E-state index contributed by atoms with van der Waals surface area (Å²) in [5.74, 6) is -1.20. The number of fused-ring (bicyclic) bond motifs is 1. The second-order valence-corrected chi connectivity index (χ2v) is 11.4. The number of nitrogens with zero attached hydrogens (tertiary/aromatic N) is 2. The lowest BCUT2D eigenvalue weighted by Crippen LogP contribution is -2.43. The molecule has 4 aromatic rings. The average molecular weight is 596 g/mol. The van der Waals surface area contributed by atoms with E-state index >= 15 is 4.39 Å². The van der Waals surface area contributed by atoms with Crippen molar-refractivity contribution < 1.29 is 23.6 Å². The van der Waals surface area contributed by atoms with Gasteiger partial charge < -0.3 is 25.4 Å². The Hall–Kier alpha value is -4.99. The number of aromatic amines is 1. The van der Waals surface area contributed by atoms with Crippen molar-refractivity contribution >= 4 is 45.9 Å². The van der Waals surface area contributed by atoms with Gasteiger partial charge in [-0.25, -0.2) is 4.39 Å². The molecular weight excluding hydrogens is 561 g/mol. The van der Waals surface area contributed by atoms with Crippen LogP contribution in [0, 0.1) is 5.82 Å². The number of amides is 4. The van der Waals surface area contributed by atoms with Crippen LogP contribution in [0.25, 0.3) is 22.2 Å². The summed E-state index contributed by atoms with van der Waals surface area (Å²) in [7, 11) is 0. The third-order valence-electron chi connectivity index (χ3n) is 8.48. The summed E-state index contributed by atoms with van der Waals surface area (Å²) >= 11 is 0. The normalized spacial score (nSPS) is 18.0. The van der Waals surface area contributed by atoms with Gasteiger partial charge in [-0.15, -0.1) is 0 Å². The van der Waals surface area contributed by atoms with Crippen molar-refractivity contribution in [1.82, 2.24) is 14.8 Å². The summed E-state index contributed by atoms with van der Waals surface area (Å²) in [4.78, 5) is 57.1. The molecule has 3 aromatic carbocycles. The molecule has 2 aliphatic heterocycles. The van der Waals surface area contributed by atoms with Gasteiger partial charge in [0.25, 0.3) is 0 Å². The summed E-state index contributed by atoms with van der Waals surface area (Å²) in [6.45, 7) is 2.56. The lowest BCUT2D eigenvalue weighted by molar-refractivity contribution is -0.136. The predicted octanol–water partition coefficient (Wildman–Crippen LogP) is 5.10. The van der Waals surface area contributed by atoms with Crippen LogP contribution in [0.3, 0.4) is 0 Å². The number of benzene rings is 3. The first-order chi connectivity index (χ1) is 21.3. The number of H-pyrrole nitrogens is 1. The van der Waals surface area contributed by atoms with Gasteiger partial charge in [0.2, 0.25) is 23.6 Å². The van der Waals surface area contributed by atoms with E-state index in [0.29, 0.717) is 53.8 Å². The third kappa shape index (κ3) is 5.92. The van der Waals surface area contributed by atoms with E-state index in [1.807, 2.05) is 30.3 Å². The minimum absolute atomic E-state index is 0.0900. The number of likely N-dealkylation sites (tertiary alicyclic amines) is 2. The van der Waals surface area contributed by atoms with Crippen molar-refractivity contribution in [1.29, 1.82) is 0 Å². The Morgan fingerprint density at radius 1 is 0.818 bits per heavy atom. The Morgan fingerprint density at radius 2 is 1.43 bits per heavy atom. The highest BCUT2D eigenvalue weighted by atomic mass is 19.1. The number of halogens is 1. The van der Waals surface area contributed by atoms with Gasteiger partial charge in [-0.1, -0.05) is 42.5 Å². The molecule has 2 aliphatic rings. The number of rotatable bonds is 7. The molecule has 2 atom stereocenters. The van der Waals surface area contributed by atoms with Crippen LogP contribution >= 0.6 is 0 Å². The van der Waals surface area contributed by atoms with Gasteiger partial charge in [-0.2, -0.15) is 0 Å². The van der Waals surface area contributed by atoms with Crippen LogP contribution < -0.4 is 10.6 Å². The van der Waals surface area contributed by atoms with E-state index in [4.69, 9.17) is 0 Å². The highest BCUT2D eigenvalue weighted by Gasteiger charge is 2.34. The standard InChI is InChI=1S/C34H34FN5O4/c1-21(41)39-17-5-9-28(39)33(43)36-24-13-11-23(12-14-24)32-31(35)26-20-25(15-16-27(26)38-32)37-34(44)29-10-6-18-40(29)30(42)19-22-7-3-2-4-8-22/h2-4,7-8,11-16,20,28-29,38H,5-6,9-10,17-19H2,1H3,(H,36,43)(H,37,44)/t28-,29-/m0/s1. The van der Waals surface area contributed by atoms with Crippen LogP contribution in [-0.4, -0.2) is 63.6 Å². The van der Waals surface area contributed by atoms with E-state index < -0.39 is 17.9 Å². The zero-order chi connectivity index (χ0) is 30.8. The SMILES string of the molecule is CC(=O)N1CCC[C@H]1C(=O)Nc1ccc(-c2[nH]c3ccc(NC(=O)[C@@H]4CCCN4C(=O)Cc4ccccc4)cc3c2F)cc1. The van der Waals surface area contributed by atoms with Gasteiger partial charge in [-0.3, -0.25) is 19.2 Å². The first kappa shape index (κ1) is 29.1. The van der Waals surface area contributed by atoms with E-state index in [1.54, 1.807) is 52.3 Å². The summed E-state index contributed by atoms with van der Waals surface area (Å²) in [5.41, 5.74) is 3.34. The van der Waals surface area contributed by atoms with Gasteiger partial charge in [0, 0.05) is 47.9 Å². The molecule has 2 saturated heterocycles. The highest BCUT2D eigenvalue weighted by Crippen LogP contribution is 2.32. The molecule has 3 heterocycles. The van der Waals surface area contributed by atoms with Crippen LogP contribution in [0.5, 0.6) is 0 Å². The van der Waals surface area contributed by atoms with E-state index in [0.717, 1.165) is 18.4 Å². The molecule has 44 heavy (non-hydrogen) atoms. The first-order valence-corrected chi connectivity index (χ1v) is 14.9. The summed E-state index contributed by atoms with van der Waals surface area (Å²) < 4.78 is 15.6. The van der Waals surface area contributed by atoms with Crippen molar-refractivity contribution in [2.75, 3.05) is 23.7 Å². The lowest BCUT2D eigenvalue weighted by atomic mass is 10.1. The van der Waals surface area contributed by atoms with E-state index in [2.05, 4.69) is 15.6 Å². The molecule has 6 rings (SSSR count). The minimum Gasteiger partial charge on any atom is -0.352 e. The maximum atomic E-state index is 15.6. The Labute approximate surface area is 254 Å². The highest BCUT2D eigenvalue weighted by molar-refractivity contribution is 6.00. The fourth-order valence-corrected chi connectivity index (χ4v) is 6.23. The summed E-state index contributed by atoms with van der Waals surface area (Å²) in [5, 5.41) is 6.06. The van der Waals surface area contributed by atoms with Crippen LogP contribution in [-0.2, 0) is 25.6 Å². The van der Waals surface area contributed by atoms with Crippen LogP contribution in [0.1, 0.15) is 38.2 Å². The maximum absolute atomic E-state index is 15.6. The maximum Gasteiger partial charge on any atom is 0.247 e. The number of hydrogen-bond donors (Lipinski definition) is 3. The third-order valence-corrected chi connectivity index (χ3v) is 8.48. The Kier molecular flexibility index (Phi) is 8.15. The molecule has 0 bridgehead atoms. The summed E-state index contributed by atoms with van der Waals surface area (Å²) in [6.07, 6.45) is 2.96. The zero-order valence-electron chi connectivity index (χ0n) is 24.4. The number of carbonyl (C=O) groups is 4. The second-order valence-electron chi connectivity index (χ2n) is 11.4.